The Morgan fingerprint density at radius 3 is 2.41 bits per heavy atom. The molecule has 29 heavy (non-hydrogen) atoms. The van der Waals surface area contributed by atoms with Gasteiger partial charge in [-0.15, -0.1) is 0 Å². The lowest BCUT2D eigenvalue weighted by Gasteiger charge is -2.17. The van der Waals surface area contributed by atoms with Crippen molar-refractivity contribution < 1.29 is 13.2 Å². The Balaban J connectivity index is 1.70. The summed E-state index contributed by atoms with van der Waals surface area (Å²) in [7, 11) is 1.01. The summed E-state index contributed by atoms with van der Waals surface area (Å²) in [6.07, 6.45) is 3.64. The molecule has 8 heteroatoms. The van der Waals surface area contributed by atoms with Gasteiger partial charge in [-0.25, -0.2) is 12.7 Å². The molecule has 7 nitrogen and oxygen atoms in total. The van der Waals surface area contributed by atoms with Gasteiger partial charge in [-0.3, -0.25) is 9.48 Å². The first-order chi connectivity index (χ1) is 13.8. The minimum atomic E-state index is -3.59. The van der Waals surface area contributed by atoms with E-state index in [9.17, 15) is 13.2 Å². The molecule has 0 saturated heterocycles. The second-order valence-corrected chi connectivity index (χ2v) is 9.16. The van der Waals surface area contributed by atoms with Crippen molar-refractivity contribution in [2.45, 2.75) is 18.0 Å². The van der Waals surface area contributed by atoms with Crippen molar-refractivity contribution in [1.82, 2.24) is 19.0 Å². The van der Waals surface area contributed by atoms with Crippen LogP contribution in [0.3, 0.4) is 0 Å². The molecule has 0 radical (unpaired) electrons. The Labute approximate surface area is 171 Å². The molecule has 0 aliphatic carbocycles. The van der Waals surface area contributed by atoms with Crippen LogP contribution in [0.25, 0.3) is 0 Å². The van der Waals surface area contributed by atoms with Gasteiger partial charge in [-0.1, -0.05) is 36.4 Å². The van der Waals surface area contributed by atoms with Crippen LogP contribution in [0.1, 0.15) is 21.5 Å². The van der Waals surface area contributed by atoms with E-state index in [4.69, 9.17) is 0 Å². The first-order valence-electron chi connectivity index (χ1n) is 9.10. The summed E-state index contributed by atoms with van der Waals surface area (Å²) in [6, 6.07) is 16.1. The molecule has 0 aliphatic rings. The van der Waals surface area contributed by atoms with Gasteiger partial charge in [-0.05, 0) is 23.8 Å². The van der Waals surface area contributed by atoms with E-state index in [1.54, 1.807) is 30.3 Å². The number of amides is 1. The van der Waals surface area contributed by atoms with Gasteiger partial charge >= 0.3 is 0 Å². The van der Waals surface area contributed by atoms with E-state index < -0.39 is 10.0 Å². The number of carbonyl (C=O) groups is 1. The lowest BCUT2D eigenvalue weighted by atomic mass is 10.2. The standard InChI is InChI=1S/C21H24N4O3S/c1-23(2)29(27,28)20-11-7-10-19(12-20)21(26)24(3)14-18-13-22-25(16-18)15-17-8-5-4-6-9-17/h4-13,16H,14-15H2,1-3H3. The van der Waals surface area contributed by atoms with Crippen molar-refractivity contribution in [3.8, 4) is 0 Å². The molecule has 0 unspecified atom stereocenters. The average molecular weight is 413 g/mol. The van der Waals surface area contributed by atoms with Gasteiger partial charge in [0.2, 0.25) is 10.0 Å². The Kier molecular flexibility index (Phi) is 6.14. The van der Waals surface area contributed by atoms with Crippen LogP contribution >= 0.6 is 0 Å². The van der Waals surface area contributed by atoms with Crippen molar-refractivity contribution in [1.29, 1.82) is 0 Å². The molecule has 3 aromatic rings. The third-order valence-electron chi connectivity index (χ3n) is 4.50. The molecule has 0 saturated carbocycles. The summed E-state index contributed by atoms with van der Waals surface area (Å²) >= 11 is 0. The van der Waals surface area contributed by atoms with Crippen molar-refractivity contribution in [2.24, 2.45) is 0 Å². The monoisotopic (exact) mass is 412 g/mol. The van der Waals surface area contributed by atoms with Gasteiger partial charge in [0.25, 0.3) is 5.91 Å². The molecule has 0 N–H and O–H groups in total. The van der Waals surface area contributed by atoms with Gasteiger partial charge in [0.15, 0.2) is 0 Å². The number of benzene rings is 2. The van der Waals surface area contributed by atoms with Crippen molar-refractivity contribution in [3.63, 3.8) is 0 Å². The Morgan fingerprint density at radius 2 is 1.72 bits per heavy atom. The number of rotatable bonds is 7. The number of sulfonamides is 1. The van der Waals surface area contributed by atoms with Gasteiger partial charge in [-0.2, -0.15) is 5.10 Å². The Hall–Kier alpha value is -2.97. The molecule has 152 valence electrons. The topological polar surface area (TPSA) is 75.5 Å². The number of hydrogen-bond donors (Lipinski definition) is 0. The number of carbonyl (C=O) groups excluding carboxylic acids is 1. The summed E-state index contributed by atoms with van der Waals surface area (Å²) < 4.78 is 27.6. The second-order valence-electron chi connectivity index (χ2n) is 7.01. The minimum absolute atomic E-state index is 0.0948. The average Bonchev–Trinajstić information content (AvgIpc) is 3.14. The highest BCUT2D eigenvalue weighted by molar-refractivity contribution is 7.89. The molecular formula is C21H24N4O3S. The third-order valence-corrected chi connectivity index (χ3v) is 6.31. The number of nitrogens with zero attached hydrogens (tertiary/aromatic N) is 4. The zero-order valence-electron chi connectivity index (χ0n) is 16.7. The highest BCUT2D eigenvalue weighted by atomic mass is 32.2. The van der Waals surface area contributed by atoms with E-state index in [1.807, 2.05) is 41.2 Å². The molecule has 2 aromatic carbocycles. The van der Waals surface area contributed by atoms with Gasteiger partial charge in [0, 0.05) is 45.0 Å². The van der Waals surface area contributed by atoms with Crippen molar-refractivity contribution in [2.75, 3.05) is 21.1 Å². The van der Waals surface area contributed by atoms with E-state index in [0.29, 0.717) is 18.7 Å². The quantitative estimate of drug-likeness (QED) is 0.597. The summed E-state index contributed by atoms with van der Waals surface area (Å²) in [5.41, 5.74) is 2.37. The number of aromatic nitrogens is 2. The smallest absolute Gasteiger partial charge is 0.253 e. The highest BCUT2D eigenvalue weighted by Crippen LogP contribution is 2.17. The van der Waals surface area contributed by atoms with Crippen LogP contribution in [0.5, 0.6) is 0 Å². The Bertz CT molecular complexity index is 1090. The predicted octanol–water partition coefficient (Wildman–Crippen LogP) is 2.45. The van der Waals surface area contributed by atoms with Crippen LogP contribution in [0.4, 0.5) is 0 Å². The molecule has 0 atom stereocenters. The third kappa shape index (κ3) is 4.90. The van der Waals surface area contributed by atoms with Crippen LogP contribution in [0, 0.1) is 0 Å². The fraction of sp³-hybridized carbons (Fsp3) is 0.238. The lowest BCUT2D eigenvalue weighted by molar-refractivity contribution is 0.0785. The van der Waals surface area contributed by atoms with Crippen LogP contribution in [-0.2, 0) is 23.1 Å². The van der Waals surface area contributed by atoms with Crippen molar-refractivity contribution >= 4 is 15.9 Å². The van der Waals surface area contributed by atoms with E-state index in [1.165, 1.54) is 26.2 Å². The molecular weight excluding hydrogens is 388 g/mol. The zero-order chi connectivity index (χ0) is 21.0. The summed E-state index contributed by atoms with van der Waals surface area (Å²) in [6.45, 7) is 1.03. The van der Waals surface area contributed by atoms with Crippen LogP contribution in [-0.4, -0.2) is 54.5 Å². The molecule has 0 bridgehead atoms. The van der Waals surface area contributed by atoms with E-state index >= 15 is 0 Å². The first kappa shape index (κ1) is 20.8. The minimum Gasteiger partial charge on any atom is -0.337 e. The largest absolute Gasteiger partial charge is 0.337 e. The summed E-state index contributed by atoms with van der Waals surface area (Å²) in [5.74, 6) is -0.253. The number of hydrogen-bond acceptors (Lipinski definition) is 4. The first-order valence-corrected chi connectivity index (χ1v) is 10.5. The molecule has 0 aliphatic heterocycles. The molecule has 1 amide bonds. The van der Waals surface area contributed by atoms with Gasteiger partial charge < -0.3 is 4.90 Å². The van der Waals surface area contributed by atoms with Gasteiger partial charge in [0.05, 0.1) is 17.6 Å². The highest BCUT2D eigenvalue weighted by Gasteiger charge is 2.20. The van der Waals surface area contributed by atoms with E-state index in [-0.39, 0.29) is 10.8 Å². The van der Waals surface area contributed by atoms with Crippen LogP contribution in [0.15, 0.2) is 71.9 Å². The van der Waals surface area contributed by atoms with E-state index in [2.05, 4.69) is 5.10 Å². The fourth-order valence-corrected chi connectivity index (χ4v) is 3.86. The molecule has 3 rings (SSSR count). The molecule has 1 heterocycles. The van der Waals surface area contributed by atoms with Gasteiger partial charge in [0.1, 0.15) is 0 Å². The van der Waals surface area contributed by atoms with Crippen molar-refractivity contribution in [3.05, 3.63) is 83.7 Å². The maximum atomic E-state index is 12.8. The Morgan fingerprint density at radius 1 is 1.00 bits per heavy atom. The lowest BCUT2D eigenvalue weighted by Crippen LogP contribution is -2.27. The van der Waals surface area contributed by atoms with Crippen LogP contribution < -0.4 is 0 Å². The fourth-order valence-electron chi connectivity index (χ4n) is 2.91. The molecule has 0 fully saturated rings. The molecule has 1 aromatic heterocycles. The SMILES string of the molecule is CN(Cc1cnn(Cc2ccccc2)c1)C(=O)c1cccc(S(=O)(=O)N(C)C)c1. The maximum absolute atomic E-state index is 12.8. The van der Waals surface area contributed by atoms with E-state index in [0.717, 1.165) is 15.4 Å². The normalized spacial score (nSPS) is 11.6. The summed E-state index contributed by atoms with van der Waals surface area (Å²) in [4.78, 5) is 14.4. The predicted molar refractivity (Wildman–Crippen MR) is 111 cm³/mol. The zero-order valence-corrected chi connectivity index (χ0v) is 17.5. The maximum Gasteiger partial charge on any atom is 0.253 e. The molecule has 0 spiro atoms. The van der Waals surface area contributed by atoms with Crippen LogP contribution in [0.2, 0.25) is 0 Å². The summed E-state index contributed by atoms with van der Waals surface area (Å²) in [5, 5.41) is 4.36. The second kappa shape index (κ2) is 8.59.